The van der Waals surface area contributed by atoms with Gasteiger partial charge in [0.1, 0.15) is 5.41 Å². The molecule has 0 saturated heterocycles. The molecule has 0 heterocycles. The first-order valence-electron chi connectivity index (χ1n) is 7.61. The van der Waals surface area contributed by atoms with Gasteiger partial charge in [0.05, 0.1) is 0 Å². The molecule has 0 aromatic heterocycles. The second kappa shape index (κ2) is 4.86. The minimum Gasteiger partial charge on any atom is -0.481 e. The van der Waals surface area contributed by atoms with Crippen LogP contribution < -0.4 is 5.32 Å². The molecule has 0 bridgehead atoms. The fourth-order valence-electron chi connectivity index (χ4n) is 3.33. The van der Waals surface area contributed by atoms with E-state index in [1.54, 1.807) is 0 Å². The van der Waals surface area contributed by atoms with Crippen LogP contribution in [0.25, 0.3) is 0 Å². The molecule has 1 spiro atoms. The van der Waals surface area contributed by atoms with Crippen LogP contribution in [0.1, 0.15) is 38.2 Å². The Morgan fingerprint density at radius 3 is 2.48 bits per heavy atom. The number of rotatable bonds is 6. The van der Waals surface area contributed by atoms with Gasteiger partial charge in [0.25, 0.3) is 0 Å². The Kier molecular flexibility index (Phi) is 3.27. The van der Waals surface area contributed by atoms with Crippen molar-refractivity contribution in [1.29, 1.82) is 0 Å². The van der Waals surface area contributed by atoms with Gasteiger partial charge in [-0.1, -0.05) is 37.3 Å². The topological polar surface area (TPSA) is 66.4 Å². The molecule has 1 amide bonds. The van der Waals surface area contributed by atoms with Crippen molar-refractivity contribution in [3.05, 3.63) is 35.9 Å². The van der Waals surface area contributed by atoms with E-state index in [0.717, 1.165) is 24.8 Å². The summed E-state index contributed by atoms with van der Waals surface area (Å²) in [5.41, 5.74) is 0.00880. The number of hydrogen-bond donors (Lipinski definition) is 2. The summed E-state index contributed by atoms with van der Waals surface area (Å²) < 4.78 is 0. The van der Waals surface area contributed by atoms with E-state index < -0.39 is 11.4 Å². The van der Waals surface area contributed by atoms with Crippen molar-refractivity contribution in [2.24, 2.45) is 11.3 Å². The highest BCUT2D eigenvalue weighted by atomic mass is 16.4. The number of carbonyl (C=O) groups is 2. The lowest BCUT2D eigenvalue weighted by molar-refractivity contribution is -0.144. The number of amides is 1. The summed E-state index contributed by atoms with van der Waals surface area (Å²) in [6, 6.07) is 9.19. The van der Waals surface area contributed by atoms with Gasteiger partial charge in [-0.15, -0.1) is 0 Å². The van der Waals surface area contributed by atoms with E-state index in [1.807, 2.05) is 37.3 Å². The van der Waals surface area contributed by atoms with E-state index in [0.29, 0.717) is 11.8 Å². The van der Waals surface area contributed by atoms with E-state index in [9.17, 15) is 14.7 Å². The molecule has 112 valence electrons. The summed E-state index contributed by atoms with van der Waals surface area (Å²) >= 11 is 0. The van der Waals surface area contributed by atoms with Gasteiger partial charge >= 0.3 is 5.97 Å². The second-order valence-electron chi connectivity index (χ2n) is 6.44. The van der Waals surface area contributed by atoms with Crippen LogP contribution in [0.4, 0.5) is 0 Å². The molecule has 2 unspecified atom stereocenters. The van der Waals surface area contributed by atoms with Crippen LogP contribution >= 0.6 is 0 Å². The van der Waals surface area contributed by atoms with Crippen molar-refractivity contribution in [2.45, 2.75) is 38.0 Å². The van der Waals surface area contributed by atoms with E-state index in [-0.39, 0.29) is 18.4 Å². The van der Waals surface area contributed by atoms with Crippen molar-refractivity contribution in [3.8, 4) is 0 Å². The summed E-state index contributed by atoms with van der Waals surface area (Å²) in [5.74, 6) is -0.729. The van der Waals surface area contributed by atoms with Crippen LogP contribution in [0.3, 0.4) is 0 Å². The van der Waals surface area contributed by atoms with Crippen molar-refractivity contribution >= 4 is 11.9 Å². The SMILES string of the molecule is CCC(CNC(=O)C1CC12CC2)(C(=O)O)c1ccccc1. The Labute approximate surface area is 124 Å². The molecule has 0 radical (unpaired) electrons. The van der Waals surface area contributed by atoms with Crippen LogP contribution in [0, 0.1) is 11.3 Å². The quantitative estimate of drug-likeness (QED) is 0.844. The molecule has 21 heavy (non-hydrogen) atoms. The van der Waals surface area contributed by atoms with Crippen LogP contribution in [0.5, 0.6) is 0 Å². The van der Waals surface area contributed by atoms with E-state index >= 15 is 0 Å². The highest BCUT2D eigenvalue weighted by Crippen LogP contribution is 2.70. The summed E-state index contributed by atoms with van der Waals surface area (Å²) in [4.78, 5) is 24.0. The van der Waals surface area contributed by atoms with Gasteiger partial charge in [-0.2, -0.15) is 0 Å². The Bertz CT molecular complexity index is 565. The van der Waals surface area contributed by atoms with Gasteiger partial charge in [-0.25, -0.2) is 0 Å². The molecule has 2 atom stereocenters. The maximum atomic E-state index is 12.2. The molecular formula is C17H21NO3. The molecule has 2 aliphatic rings. The zero-order valence-electron chi connectivity index (χ0n) is 12.3. The monoisotopic (exact) mass is 287 g/mol. The van der Waals surface area contributed by atoms with Gasteiger partial charge < -0.3 is 10.4 Å². The molecule has 4 nitrogen and oxygen atoms in total. The van der Waals surface area contributed by atoms with E-state index in [4.69, 9.17) is 0 Å². The van der Waals surface area contributed by atoms with Crippen molar-refractivity contribution in [3.63, 3.8) is 0 Å². The third kappa shape index (κ3) is 2.33. The molecule has 2 N–H and O–H groups in total. The van der Waals surface area contributed by atoms with Gasteiger partial charge in [0, 0.05) is 12.5 Å². The highest BCUT2D eigenvalue weighted by molar-refractivity contribution is 5.86. The normalized spacial score (nSPS) is 24.1. The number of hydrogen-bond acceptors (Lipinski definition) is 2. The predicted molar refractivity (Wildman–Crippen MR) is 78.8 cm³/mol. The average molecular weight is 287 g/mol. The number of nitrogens with one attached hydrogen (secondary N) is 1. The zero-order chi connectivity index (χ0) is 15.1. The molecule has 2 fully saturated rings. The van der Waals surface area contributed by atoms with Crippen LogP contribution in [0.15, 0.2) is 30.3 Å². The van der Waals surface area contributed by atoms with E-state index in [1.165, 1.54) is 0 Å². The molecule has 1 aromatic carbocycles. The number of carbonyl (C=O) groups excluding carboxylic acids is 1. The van der Waals surface area contributed by atoms with Gasteiger partial charge in [-0.05, 0) is 36.7 Å². The van der Waals surface area contributed by atoms with Crippen molar-refractivity contribution in [2.75, 3.05) is 6.54 Å². The molecule has 1 aromatic rings. The number of carboxylic acid groups (broad SMARTS) is 1. The third-order valence-corrected chi connectivity index (χ3v) is 5.30. The molecule has 2 aliphatic carbocycles. The Morgan fingerprint density at radius 1 is 1.33 bits per heavy atom. The molecule has 4 heteroatoms. The first-order valence-corrected chi connectivity index (χ1v) is 7.61. The lowest BCUT2D eigenvalue weighted by Gasteiger charge is -2.29. The predicted octanol–water partition coefficient (Wildman–Crippen LogP) is 2.34. The summed E-state index contributed by atoms with van der Waals surface area (Å²) in [7, 11) is 0. The average Bonchev–Trinajstić information content (AvgIpc) is 3.41. The van der Waals surface area contributed by atoms with Crippen molar-refractivity contribution < 1.29 is 14.7 Å². The van der Waals surface area contributed by atoms with E-state index in [2.05, 4.69) is 5.32 Å². The smallest absolute Gasteiger partial charge is 0.315 e. The Hall–Kier alpha value is -1.84. The summed E-state index contributed by atoms with van der Waals surface area (Å²) in [5, 5.41) is 12.6. The lowest BCUT2D eigenvalue weighted by atomic mass is 9.78. The number of carboxylic acids is 1. The fraction of sp³-hybridized carbons (Fsp3) is 0.529. The van der Waals surface area contributed by atoms with Gasteiger partial charge in [0.2, 0.25) is 5.91 Å². The third-order valence-electron chi connectivity index (χ3n) is 5.30. The lowest BCUT2D eigenvalue weighted by Crippen LogP contribution is -2.46. The first-order chi connectivity index (χ1) is 10.0. The first kappa shape index (κ1) is 14.1. The Balaban J connectivity index is 1.73. The van der Waals surface area contributed by atoms with Gasteiger partial charge in [0.15, 0.2) is 0 Å². The Morgan fingerprint density at radius 2 is 2.00 bits per heavy atom. The maximum Gasteiger partial charge on any atom is 0.315 e. The van der Waals surface area contributed by atoms with Crippen LogP contribution in [-0.2, 0) is 15.0 Å². The van der Waals surface area contributed by atoms with Crippen LogP contribution in [0.2, 0.25) is 0 Å². The number of benzene rings is 1. The minimum absolute atomic E-state index is 0.0301. The molecule has 3 rings (SSSR count). The zero-order valence-corrected chi connectivity index (χ0v) is 12.3. The fourth-order valence-corrected chi connectivity index (χ4v) is 3.33. The molecule has 0 aliphatic heterocycles. The largest absolute Gasteiger partial charge is 0.481 e. The highest BCUT2D eigenvalue weighted by Gasteiger charge is 2.65. The molecular weight excluding hydrogens is 266 g/mol. The van der Waals surface area contributed by atoms with Crippen molar-refractivity contribution in [1.82, 2.24) is 5.32 Å². The standard InChI is InChI=1S/C17H21NO3/c1-2-17(15(20)21,12-6-4-3-5-7-12)11-18-14(19)13-10-16(13)8-9-16/h3-7,13H,2,8-11H2,1H3,(H,18,19)(H,20,21). The summed E-state index contributed by atoms with van der Waals surface area (Å²) in [6.45, 7) is 2.01. The summed E-state index contributed by atoms with van der Waals surface area (Å²) in [6.07, 6.45) is 3.74. The number of aliphatic carboxylic acids is 1. The van der Waals surface area contributed by atoms with Gasteiger partial charge in [-0.3, -0.25) is 9.59 Å². The maximum absolute atomic E-state index is 12.2. The second-order valence-corrected chi connectivity index (χ2v) is 6.44. The molecule has 2 saturated carbocycles. The van der Waals surface area contributed by atoms with Crippen LogP contribution in [-0.4, -0.2) is 23.5 Å². The minimum atomic E-state index is -1.04.